The standard InChI is InChI=1S/C13H18N4O2/c1-8-10(6-9(14)7-16-8)13(19)17-5-3-4-11(17)12(18)15-2/h6-7,11H,3-5,14H2,1-2H3,(H,15,18). The lowest BCUT2D eigenvalue weighted by Gasteiger charge is -2.24. The Balaban J connectivity index is 2.28. The van der Waals surface area contributed by atoms with E-state index in [0.29, 0.717) is 29.9 Å². The Bertz CT molecular complexity index is 515. The second kappa shape index (κ2) is 5.26. The first-order chi connectivity index (χ1) is 9.04. The van der Waals surface area contributed by atoms with Crippen molar-refractivity contribution in [2.45, 2.75) is 25.8 Å². The van der Waals surface area contributed by atoms with E-state index in [1.54, 1.807) is 24.9 Å². The van der Waals surface area contributed by atoms with E-state index in [9.17, 15) is 9.59 Å². The third-order valence-electron chi connectivity index (χ3n) is 3.40. The SMILES string of the molecule is CNC(=O)C1CCCN1C(=O)c1cc(N)cnc1C. The molecule has 0 radical (unpaired) electrons. The van der Waals surface area contributed by atoms with Crippen LogP contribution in [0, 0.1) is 6.92 Å². The molecule has 19 heavy (non-hydrogen) atoms. The summed E-state index contributed by atoms with van der Waals surface area (Å²) in [6.45, 7) is 2.35. The van der Waals surface area contributed by atoms with Gasteiger partial charge in [0.15, 0.2) is 0 Å². The van der Waals surface area contributed by atoms with Crippen LogP contribution in [-0.2, 0) is 4.79 Å². The summed E-state index contributed by atoms with van der Waals surface area (Å²) in [6.07, 6.45) is 3.05. The average molecular weight is 262 g/mol. The number of hydrogen-bond acceptors (Lipinski definition) is 4. The predicted molar refractivity (Wildman–Crippen MR) is 71.5 cm³/mol. The lowest BCUT2D eigenvalue weighted by atomic mass is 10.1. The van der Waals surface area contributed by atoms with E-state index in [2.05, 4.69) is 10.3 Å². The van der Waals surface area contributed by atoms with Gasteiger partial charge in [-0.05, 0) is 25.8 Å². The molecular formula is C13H18N4O2. The molecule has 2 amide bonds. The number of carbonyl (C=O) groups is 2. The molecule has 1 unspecified atom stereocenters. The number of nitrogens with zero attached hydrogens (tertiary/aromatic N) is 2. The molecule has 6 nitrogen and oxygen atoms in total. The first-order valence-corrected chi connectivity index (χ1v) is 6.29. The number of rotatable bonds is 2. The normalized spacial score (nSPS) is 18.4. The third kappa shape index (κ3) is 2.52. The van der Waals surface area contributed by atoms with Crippen LogP contribution in [0.15, 0.2) is 12.3 Å². The molecule has 2 heterocycles. The molecule has 0 bridgehead atoms. The van der Waals surface area contributed by atoms with Gasteiger partial charge in [-0.3, -0.25) is 14.6 Å². The number of hydrogen-bond donors (Lipinski definition) is 2. The zero-order valence-electron chi connectivity index (χ0n) is 11.1. The second-order valence-electron chi connectivity index (χ2n) is 4.67. The second-order valence-corrected chi connectivity index (χ2v) is 4.67. The van der Waals surface area contributed by atoms with E-state index >= 15 is 0 Å². The maximum absolute atomic E-state index is 12.5. The molecular weight excluding hydrogens is 244 g/mol. The Morgan fingerprint density at radius 1 is 1.53 bits per heavy atom. The molecule has 1 fully saturated rings. The minimum atomic E-state index is -0.390. The van der Waals surface area contributed by atoms with Crippen molar-refractivity contribution < 1.29 is 9.59 Å². The average Bonchev–Trinajstić information content (AvgIpc) is 2.89. The highest BCUT2D eigenvalue weighted by molar-refractivity contribution is 5.99. The van der Waals surface area contributed by atoms with Gasteiger partial charge < -0.3 is 16.0 Å². The highest BCUT2D eigenvalue weighted by Crippen LogP contribution is 2.22. The molecule has 102 valence electrons. The van der Waals surface area contributed by atoms with Crippen molar-refractivity contribution in [2.24, 2.45) is 0 Å². The number of anilines is 1. The fourth-order valence-electron chi connectivity index (χ4n) is 2.37. The van der Waals surface area contributed by atoms with Crippen LogP contribution in [0.1, 0.15) is 28.9 Å². The summed E-state index contributed by atoms with van der Waals surface area (Å²) < 4.78 is 0. The van der Waals surface area contributed by atoms with Crippen molar-refractivity contribution >= 4 is 17.5 Å². The van der Waals surface area contributed by atoms with Crippen LogP contribution in [0.25, 0.3) is 0 Å². The zero-order chi connectivity index (χ0) is 14.0. The van der Waals surface area contributed by atoms with Crippen molar-refractivity contribution in [3.05, 3.63) is 23.5 Å². The number of likely N-dealkylation sites (N-methyl/N-ethyl adjacent to an activating group) is 1. The minimum absolute atomic E-state index is 0.125. The van der Waals surface area contributed by atoms with Crippen molar-refractivity contribution in [3.63, 3.8) is 0 Å². The predicted octanol–water partition coefficient (Wildman–Crippen LogP) is 0.323. The van der Waals surface area contributed by atoms with E-state index in [4.69, 9.17) is 5.73 Å². The molecule has 0 aromatic carbocycles. The molecule has 1 saturated heterocycles. The third-order valence-corrected chi connectivity index (χ3v) is 3.40. The van der Waals surface area contributed by atoms with Crippen LogP contribution in [0.5, 0.6) is 0 Å². The summed E-state index contributed by atoms with van der Waals surface area (Å²) in [7, 11) is 1.58. The van der Waals surface area contributed by atoms with Crippen LogP contribution in [0.4, 0.5) is 5.69 Å². The van der Waals surface area contributed by atoms with E-state index < -0.39 is 6.04 Å². The van der Waals surface area contributed by atoms with E-state index in [1.165, 1.54) is 6.20 Å². The molecule has 6 heteroatoms. The van der Waals surface area contributed by atoms with E-state index in [-0.39, 0.29) is 11.8 Å². The highest BCUT2D eigenvalue weighted by Gasteiger charge is 2.34. The summed E-state index contributed by atoms with van der Waals surface area (Å²) >= 11 is 0. The smallest absolute Gasteiger partial charge is 0.256 e. The van der Waals surface area contributed by atoms with Gasteiger partial charge in [0.2, 0.25) is 5.91 Å². The number of nitrogens with one attached hydrogen (secondary N) is 1. The zero-order valence-corrected chi connectivity index (χ0v) is 11.1. The summed E-state index contributed by atoms with van der Waals surface area (Å²) in [5, 5.41) is 2.60. The molecule has 0 spiro atoms. The Labute approximate surface area is 112 Å². The summed E-state index contributed by atoms with van der Waals surface area (Å²) in [6, 6.07) is 1.22. The largest absolute Gasteiger partial charge is 0.397 e. The number of pyridine rings is 1. The van der Waals surface area contributed by atoms with Gasteiger partial charge in [0.25, 0.3) is 5.91 Å². The fourth-order valence-corrected chi connectivity index (χ4v) is 2.37. The van der Waals surface area contributed by atoms with Gasteiger partial charge in [-0.25, -0.2) is 0 Å². The Morgan fingerprint density at radius 2 is 2.26 bits per heavy atom. The number of aryl methyl sites for hydroxylation is 1. The van der Waals surface area contributed by atoms with Crippen molar-refractivity contribution in [2.75, 3.05) is 19.3 Å². The maximum Gasteiger partial charge on any atom is 0.256 e. The van der Waals surface area contributed by atoms with Crippen LogP contribution in [0.3, 0.4) is 0 Å². The lowest BCUT2D eigenvalue weighted by molar-refractivity contribution is -0.124. The van der Waals surface area contributed by atoms with Crippen LogP contribution in [-0.4, -0.2) is 41.3 Å². The molecule has 0 saturated carbocycles. The number of likely N-dealkylation sites (tertiary alicyclic amines) is 1. The monoisotopic (exact) mass is 262 g/mol. The topological polar surface area (TPSA) is 88.3 Å². The van der Waals surface area contributed by atoms with Crippen LogP contribution >= 0.6 is 0 Å². The Hall–Kier alpha value is -2.11. The highest BCUT2D eigenvalue weighted by atomic mass is 16.2. The molecule has 2 rings (SSSR count). The molecule has 1 aromatic rings. The van der Waals surface area contributed by atoms with Gasteiger partial charge in [-0.1, -0.05) is 0 Å². The molecule has 0 aliphatic carbocycles. The Morgan fingerprint density at radius 3 is 2.95 bits per heavy atom. The number of carbonyl (C=O) groups excluding carboxylic acids is 2. The van der Waals surface area contributed by atoms with Gasteiger partial charge in [-0.15, -0.1) is 0 Å². The quantitative estimate of drug-likeness (QED) is 0.803. The molecule has 1 aromatic heterocycles. The van der Waals surface area contributed by atoms with E-state index in [0.717, 1.165) is 6.42 Å². The summed E-state index contributed by atoms with van der Waals surface area (Å²) in [5.41, 5.74) is 7.22. The van der Waals surface area contributed by atoms with Crippen LogP contribution < -0.4 is 11.1 Å². The molecule has 3 N–H and O–H groups in total. The molecule has 1 aliphatic rings. The first-order valence-electron chi connectivity index (χ1n) is 6.29. The Kier molecular flexibility index (Phi) is 3.69. The fraction of sp³-hybridized carbons (Fsp3) is 0.462. The van der Waals surface area contributed by atoms with Gasteiger partial charge in [0.05, 0.1) is 23.1 Å². The van der Waals surface area contributed by atoms with Gasteiger partial charge >= 0.3 is 0 Å². The maximum atomic E-state index is 12.5. The summed E-state index contributed by atoms with van der Waals surface area (Å²) in [4.78, 5) is 30.0. The minimum Gasteiger partial charge on any atom is -0.397 e. The summed E-state index contributed by atoms with van der Waals surface area (Å²) in [5.74, 6) is -0.302. The van der Waals surface area contributed by atoms with Gasteiger partial charge in [0, 0.05) is 13.6 Å². The number of nitrogens with two attached hydrogens (primary N) is 1. The molecule has 1 atom stereocenters. The van der Waals surface area contributed by atoms with Gasteiger partial charge in [-0.2, -0.15) is 0 Å². The van der Waals surface area contributed by atoms with Crippen LogP contribution in [0.2, 0.25) is 0 Å². The number of amides is 2. The van der Waals surface area contributed by atoms with E-state index in [1.807, 2.05) is 0 Å². The molecule has 1 aliphatic heterocycles. The van der Waals surface area contributed by atoms with Crippen molar-refractivity contribution in [3.8, 4) is 0 Å². The van der Waals surface area contributed by atoms with Gasteiger partial charge in [0.1, 0.15) is 6.04 Å². The van der Waals surface area contributed by atoms with Crippen molar-refractivity contribution in [1.29, 1.82) is 0 Å². The number of aromatic nitrogens is 1. The van der Waals surface area contributed by atoms with Crippen molar-refractivity contribution in [1.82, 2.24) is 15.2 Å². The lowest BCUT2D eigenvalue weighted by Crippen LogP contribution is -2.45. The number of nitrogen functional groups attached to an aromatic ring is 1. The first kappa shape index (κ1) is 13.3.